The number of nitrogens with zero attached hydrogens (tertiary/aromatic N) is 1. The Morgan fingerprint density at radius 1 is 1.36 bits per heavy atom. The maximum Gasteiger partial charge on any atom is 0.00976 e. The van der Waals surface area contributed by atoms with Crippen molar-refractivity contribution in [2.75, 3.05) is 19.3 Å². The van der Waals surface area contributed by atoms with Crippen molar-refractivity contribution < 1.29 is 0 Å². The fourth-order valence-corrected chi connectivity index (χ4v) is 4.12. The molecule has 2 aliphatic rings. The SMILES string of the molecule is CS(=S)N1CCC2(CCC[C@H]2N)CC1. The smallest absolute Gasteiger partial charge is 0.00976 e. The molecule has 2 fully saturated rings. The summed E-state index contributed by atoms with van der Waals surface area (Å²) in [6, 6.07) is 0.466. The molecule has 2 N–H and O–H groups in total. The van der Waals surface area contributed by atoms with E-state index in [2.05, 4.69) is 10.6 Å². The highest BCUT2D eigenvalue weighted by Crippen LogP contribution is 2.45. The first-order valence-electron chi connectivity index (χ1n) is 5.48. The molecule has 1 spiro atoms. The van der Waals surface area contributed by atoms with Crippen LogP contribution in [0.4, 0.5) is 0 Å². The summed E-state index contributed by atoms with van der Waals surface area (Å²) < 4.78 is 2.44. The van der Waals surface area contributed by atoms with E-state index in [1.807, 2.05) is 0 Å². The van der Waals surface area contributed by atoms with Gasteiger partial charge >= 0.3 is 0 Å². The molecule has 1 heterocycles. The summed E-state index contributed by atoms with van der Waals surface area (Å²) in [5, 5.41) is 0. The van der Waals surface area contributed by atoms with Gasteiger partial charge < -0.3 is 5.73 Å². The third kappa shape index (κ3) is 1.90. The van der Waals surface area contributed by atoms with Gasteiger partial charge in [-0.05, 0) is 42.3 Å². The topological polar surface area (TPSA) is 29.3 Å². The van der Waals surface area contributed by atoms with Crippen LogP contribution in [0.5, 0.6) is 0 Å². The van der Waals surface area contributed by atoms with Crippen LogP contribution in [0.2, 0.25) is 0 Å². The van der Waals surface area contributed by atoms with Crippen molar-refractivity contribution in [2.45, 2.75) is 38.1 Å². The molecule has 2 nitrogen and oxygen atoms in total. The molecule has 1 saturated carbocycles. The summed E-state index contributed by atoms with van der Waals surface area (Å²) >= 11 is 5.31. The van der Waals surface area contributed by atoms with Gasteiger partial charge in [0.05, 0.1) is 0 Å². The number of hydrogen-bond donors (Lipinski definition) is 1. The van der Waals surface area contributed by atoms with Crippen LogP contribution in [0.25, 0.3) is 0 Å². The first kappa shape index (κ1) is 11.0. The third-order valence-corrected chi connectivity index (χ3v) is 5.78. The number of nitrogens with two attached hydrogens (primary N) is 1. The summed E-state index contributed by atoms with van der Waals surface area (Å²) in [5.41, 5.74) is 6.71. The second-order valence-corrected chi connectivity index (χ2v) is 7.53. The van der Waals surface area contributed by atoms with Crippen LogP contribution in [0.1, 0.15) is 32.1 Å². The molecule has 0 aromatic heterocycles. The summed E-state index contributed by atoms with van der Waals surface area (Å²) in [5.74, 6) is 0. The first-order valence-corrected chi connectivity index (χ1v) is 8.00. The molecule has 0 aromatic rings. The van der Waals surface area contributed by atoms with E-state index in [1.54, 1.807) is 0 Å². The van der Waals surface area contributed by atoms with Gasteiger partial charge in [-0.25, -0.2) is 4.31 Å². The molecular formula is C10H20N2S2. The Hall–Kier alpha value is 0.490. The van der Waals surface area contributed by atoms with Gasteiger partial charge in [0.1, 0.15) is 0 Å². The molecule has 2 rings (SSSR count). The van der Waals surface area contributed by atoms with E-state index >= 15 is 0 Å². The number of rotatable bonds is 1. The minimum absolute atomic E-state index is 0.0458. The highest BCUT2D eigenvalue weighted by Gasteiger charge is 2.42. The zero-order chi connectivity index (χ0) is 10.2. The third-order valence-electron chi connectivity index (χ3n) is 4.06. The monoisotopic (exact) mass is 232 g/mol. The Morgan fingerprint density at radius 2 is 2.00 bits per heavy atom. The lowest BCUT2D eigenvalue weighted by atomic mass is 9.75. The lowest BCUT2D eigenvalue weighted by molar-refractivity contribution is 0.146. The van der Waals surface area contributed by atoms with Gasteiger partial charge in [0.2, 0.25) is 0 Å². The lowest BCUT2D eigenvalue weighted by Gasteiger charge is -2.41. The molecule has 2 atom stereocenters. The molecule has 4 heteroatoms. The highest BCUT2D eigenvalue weighted by atomic mass is 32.8. The average molecular weight is 232 g/mol. The molecule has 82 valence electrons. The van der Waals surface area contributed by atoms with E-state index in [1.165, 1.54) is 45.2 Å². The fraction of sp³-hybridized carbons (Fsp3) is 1.00. The molecular weight excluding hydrogens is 212 g/mol. The second kappa shape index (κ2) is 4.16. The predicted molar refractivity (Wildman–Crippen MR) is 65.7 cm³/mol. The molecule has 0 amide bonds. The Morgan fingerprint density at radius 3 is 2.43 bits per heavy atom. The second-order valence-electron chi connectivity index (χ2n) is 4.71. The zero-order valence-electron chi connectivity index (χ0n) is 8.87. The quantitative estimate of drug-likeness (QED) is 0.737. The van der Waals surface area contributed by atoms with Gasteiger partial charge in [-0.15, -0.1) is 0 Å². The van der Waals surface area contributed by atoms with Crippen LogP contribution in [0.3, 0.4) is 0 Å². The molecule has 0 radical (unpaired) electrons. The maximum atomic E-state index is 6.22. The Balaban J connectivity index is 1.98. The van der Waals surface area contributed by atoms with Crippen LogP contribution in [-0.4, -0.2) is 29.7 Å². The molecule has 1 aliphatic carbocycles. The van der Waals surface area contributed by atoms with E-state index in [0.29, 0.717) is 11.5 Å². The van der Waals surface area contributed by atoms with Crippen molar-refractivity contribution in [3.8, 4) is 0 Å². The standard InChI is InChI=1S/C10H20N2S2/c1-14(13)12-7-5-10(6-8-12)4-2-3-9(10)11/h9H,2-8,11H2,1H3/t9-,14?/m1/s1. The van der Waals surface area contributed by atoms with Crippen molar-refractivity contribution in [3.05, 3.63) is 0 Å². The fourth-order valence-electron chi connectivity index (χ4n) is 2.98. The van der Waals surface area contributed by atoms with Gasteiger partial charge in [-0.2, -0.15) is 0 Å². The van der Waals surface area contributed by atoms with E-state index in [4.69, 9.17) is 16.9 Å². The van der Waals surface area contributed by atoms with Gasteiger partial charge in [0.15, 0.2) is 0 Å². The van der Waals surface area contributed by atoms with Gasteiger partial charge in [0.25, 0.3) is 0 Å². The predicted octanol–water partition coefficient (Wildman–Crippen LogP) is 1.20. The van der Waals surface area contributed by atoms with E-state index in [-0.39, 0.29) is 9.64 Å². The van der Waals surface area contributed by atoms with Crippen LogP contribution in [0.15, 0.2) is 0 Å². The Bertz CT molecular complexity index is 234. The summed E-state index contributed by atoms with van der Waals surface area (Å²) in [6.07, 6.45) is 8.64. The Kier molecular flexibility index (Phi) is 3.27. The number of piperidine rings is 1. The van der Waals surface area contributed by atoms with Gasteiger partial charge in [-0.3, -0.25) is 0 Å². The molecule has 1 unspecified atom stereocenters. The lowest BCUT2D eigenvalue weighted by Crippen LogP contribution is -2.46. The van der Waals surface area contributed by atoms with Crippen molar-refractivity contribution in [1.82, 2.24) is 4.31 Å². The molecule has 0 aromatic carbocycles. The van der Waals surface area contributed by atoms with Crippen molar-refractivity contribution in [2.24, 2.45) is 11.1 Å². The molecule has 1 aliphatic heterocycles. The molecule has 14 heavy (non-hydrogen) atoms. The van der Waals surface area contributed by atoms with Gasteiger partial charge in [0, 0.05) is 25.4 Å². The minimum Gasteiger partial charge on any atom is -0.327 e. The van der Waals surface area contributed by atoms with Crippen LogP contribution >= 0.6 is 0 Å². The zero-order valence-corrected chi connectivity index (χ0v) is 10.5. The van der Waals surface area contributed by atoms with Crippen LogP contribution in [-0.2, 0) is 20.8 Å². The average Bonchev–Trinajstić information content (AvgIpc) is 2.49. The molecule has 0 bridgehead atoms. The first-order chi connectivity index (χ1) is 6.64. The minimum atomic E-state index is 0.0458. The van der Waals surface area contributed by atoms with E-state index in [0.717, 1.165) is 0 Å². The van der Waals surface area contributed by atoms with Crippen molar-refractivity contribution >= 4 is 20.8 Å². The van der Waals surface area contributed by atoms with E-state index in [9.17, 15) is 0 Å². The summed E-state index contributed by atoms with van der Waals surface area (Å²) in [4.78, 5) is 0. The number of hydrogen-bond acceptors (Lipinski definition) is 2. The van der Waals surface area contributed by atoms with Crippen molar-refractivity contribution in [3.63, 3.8) is 0 Å². The largest absolute Gasteiger partial charge is 0.327 e. The normalized spacial score (nSPS) is 34.9. The highest BCUT2D eigenvalue weighted by molar-refractivity contribution is 8.27. The Labute approximate surface area is 93.9 Å². The van der Waals surface area contributed by atoms with Gasteiger partial charge in [-0.1, -0.05) is 16.1 Å². The molecule has 1 saturated heterocycles. The van der Waals surface area contributed by atoms with Crippen LogP contribution < -0.4 is 5.73 Å². The van der Waals surface area contributed by atoms with Crippen LogP contribution in [0, 0.1) is 5.41 Å². The summed E-state index contributed by atoms with van der Waals surface area (Å²) in [6.45, 7) is 2.35. The maximum absolute atomic E-state index is 6.22. The summed E-state index contributed by atoms with van der Waals surface area (Å²) in [7, 11) is 0.0458. The van der Waals surface area contributed by atoms with E-state index < -0.39 is 0 Å². The van der Waals surface area contributed by atoms with Crippen molar-refractivity contribution in [1.29, 1.82) is 0 Å².